The smallest absolute Gasteiger partial charge is 0.166 e. The summed E-state index contributed by atoms with van der Waals surface area (Å²) in [6.45, 7) is 3.57. The maximum absolute atomic E-state index is 5.58. The molecule has 1 saturated heterocycles. The fourth-order valence-corrected chi connectivity index (χ4v) is 2.45. The Balaban J connectivity index is 1.73. The number of allylic oxidation sites excluding steroid dienone is 2. The van der Waals surface area contributed by atoms with Gasteiger partial charge in [-0.15, -0.1) is 0 Å². The van der Waals surface area contributed by atoms with Crippen molar-refractivity contribution < 1.29 is 9.47 Å². The molecule has 0 bridgehead atoms. The van der Waals surface area contributed by atoms with Crippen LogP contribution in [0.1, 0.15) is 51.9 Å². The Kier molecular flexibility index (Phi) is 3.81. The van der Waals surface area contributed by atoms with Gasteiger partial charge in [-0.25, -0.2) is 0 Å². The fraction of sp³-hybridized carbons (Fsp3) is 0.846. The molecule has 0 aromatic carbocycles. The van der Waals surface area contributed by atoms with Gasteiger partial charge in [-0.3, -0.25) is 0 Å². The van der Waals surface area contributed by atoms with Crippen LogP contribution in [0.3, 0.4) is 0 Å². The minimum absolute atomic E-state index is 0.300. The third-order valence-electron chi connectivity index (χ3n) is 3.43. The topological polar surface area (TPSA) is 18.5 Å². The molecule has 2 aliphatic rings. The molecule has 1 heterocycles. The maximum atomic E-state index is 5.58. The summed E-state index contributed by atoms with van der Waals surface area (Å²) in [4.78, 5) is 0. The van der Waals surface area contributed by atoms with Crippen LogP contribution in [0.4, 0.5) is 0 Å². The molecule has 0 unspecified atom stereocenters. The first-order valence-corrected chi connectivity index (χ1v) is 6.24. The van der Waals surface area contributed by atoms with Crippen LogP contribution in [-0.2, 0) is 9.47 Å². The van der Waals surface area contributed by atoms with Crippen molar-refractivity contribution in [1.29, 1.82) is 0 Å². The molecule has 1 saturated carbocycles. The average molecular weight is 210 g/mol. The van der Waals surface area contributed by atoms with Crippen LogP contribution in [0.5, 0.6) is 0 Å². The third-order valence-corrected chi connectivity index (χ3v) is 3.43. The van der Waals surface area contributed by atoms with E-state index in [-0.39, 0.29) is 5.79 Å². The molecule has 0 amide bonds. The van der Waals surface area contributed by atoms with Crippen molar-refractivity contribution in [3.63, 3.8) is 0 Å². The summed E-state index contributed by atoms with van der Waals surface area (Å²) in [6, 6.07) is 0. The summed E-state index contributed by atoms with van der Waals surface area (Å²) in [5, 5.41) is 0. The first-order chi connectivity index (χ1) is 7.29. The normalized spacial score (nSPS) is 25.5. The van der Waals surface area contributed by atoms with E-state index in [0.29, 0.717) is 0 Å². The molecule has 2 fully saturated rings. The van der Waals surface area contributed by atoms with Gasteiger partial charge in [0.25, 0.3) is 0 Å². The Morgan fingerprint density at radius 1 is 1.13 bits per heavy atom. The second-order valence-corrected chi connectivity index (χ2v) is 4.79. The molecule has 0 aromatic rings. The zero-order chi connectivity index (χ0) is 10.6. The van der Waals surface area contributed by atoms with Gasteiger partial charge in [0.1, 0.15) is 0 Å². The molecule has 0 radical (unpaired) electrons. The van der Waals surface area contributed by atoms with Crippen molar-refractivity contribution in [3.8, 4) is 0 Å². The molecule has 0 spiro atoms. The van der Waals surface area contributed by atoms with Crippen molar-refractivity contribution in [2.24, 2.45) is 0 Å². The number of hydrogen-bond donors (Lipinski definition) is 0. The lowest BCUT2D eigenvalue weighted by Crippen LogP contribution is -2.24. The van der Waals surface area contributed by atoms with Crippen molar-refractivity contribution in [3.05, 3.63) is 11.6 Å². The van der Waals surface area contributed by atoms with Gasteiger partial charge in [-0.1, -0.05) is 18.1 Å². The Morgan fingerprint density at radius 3 is 2.47 bits per heavy atom. The third kappa shape index (κ3) is 3.32. The molecule has 86 valence electrons. The van der Waals surface area contributed by atoms with E-state index in [1.54, 1.807) is 5.57 Å². The number of ether oxygens (including phenoxy) is 2. The van der Waals surface area contributed by atoms with E-state index < -0.39 is 0 Å². The van der Waals surface area contributed by atoms with Gasteiger partial charge in [0.2, 0.25) is 0 Å². The summed E-state index contributed by atoms with van der Waals surface area (Å²) in [5.41, 5.74) is 1.66. The van der Waals surface area contributed by atoms with Crippen molar-refractivity contribution in [2.75, 3.05) is 13.2 Å². The predicted octanol–water partition coefficient (Wildman–Crippen LogP) is 3.42. The maximum Gasteiger partial charge on any atom is 0.166 e. The summed E-state index contributed by atoms with van der Waals surface area (Å²) in [7, 11) is 0. The van der Waals surface area contributed by atoms with Gasteiger partial charge in [-0.05, 0) is 39.0 Å². The molecule has 2 heteroatoms. The molecule has 0 aromatic heterocycles. The molecule has 2 rings (SSSR count). The molecule has 15 heavy (non-hydrogen) atoms. The van der Waals surface area contributed by atoms with Crippen LogP contribution in [0, 0.1) is 0 Å². The van der Waals surface area contributed by atoms with Crippen LogP contribution in [-0.4, -0.2) is 19.0 Å². The van der Waals surface area contributed by atoms with Gasteiger partial charge in [0.15, 0.2) is 5.79 Å². The van der Waals surface area contributed by atoms with Crippen molar-refractivity contribution >= 4 is 0 Å². The minimum atomic E-state index is -0.300. The second-order valence-electron chi connectivity index (χ2n) is 4.79. The SMILES string of the molecule is CC1(CCC=C2CCCCC2)OCCO1. The van der Waals surface area contributed by atoms with Gasteiger partial charge in [0.05, 0.1) is 13.2 Å². The lowest BCUT2D eigenvalue weighted by atomic mass is 9.93. The Bertz CT molecular complexity index is 219. The largest absolute Gasteiger partial charge is 0.348 e. The van der Waals surface area contributed by atoms with E-state index in [1.807, 2.05) is 0 Å². The van der Waals surface area contributed by atoms with Crippen LogP contribution in [0.15, 0.2) is 11.6 Å². The van der Waals surface area contributed by atoms with Gasteiger partial charge >= 0.3 is 0 Å². The molecular formula is C13H22O2. The highest BCUT2D eigenvalue weighted by Gasteiger charge is 2.29. The lowest BCUT2D eigenvalue weighted by molar-refractivity contribution is -0.145. The summed E-state index contributed by atoms with van der Waals surface area (Å²) >= 11 is 0. The van der Waals surface area contributed by atoms with E-state index in [0.717, 1.165) is 26.1 Å². The molecule has 0 atom stereocenters. The standard InChI is InChI=1S/C13H22O2/c1-13(14-10-11-15-13)9-5-8-12-6-3-2-4-7-12/h8H,2-7,9-11H2,1H3. The molecule has 2 nitrogen and oxygen atoms in total. The highest BCUT2D eigenvalue weighted by Crippen LogP contribution is 2.27. The van der Waals surface area contributed by atoms with Crippen molar-refractivity contribution in [1.82, 2.24) is 0 Å². The zero-order valence-corrected chi connectivity index (χ0v) is 9.76. The second kappa shape index (κ2) is 5.13. The Morgan fingerprint density at radius 2 is 1.80 bits per heavy atom. The van der Waals surface area contributed by atoms with Gasteiger partial charge in [-0.2, -0.15) is 0 Å². The van der Waals surface area contributed by atoms with E-state index in [4.69, 9.17) is 9.47 Å². The van der Waals surface area contributed by atoms with E-state index in [9.17, 15) is 0 Å². The van der Waals surface area contributed by atoms with Crippen LogP contribution < -0.4 is 0 Å². The van der Waals surface area contributed by atoms with Crippen LogP contribution in [0.2, 0.25) is 0 Å². The monoisotopic (exact) mass is 210 g/mol. The summed E-state index contributed by atoms with van der Waals surface area (Å²) < 4.78 is 11.2. The van der Waals surface area contributed by atoms with Gasteiger partial charge in [0, 0.05) is 6.42 Å². The van der Waals surface area contributed by atoms with Crippen LogP contribution in [0.25, 0.3) is 0 Å². The fourth-order valence-electron chi connectivity index (χ4n) is 2.45. The predicted molar refractivity (Wildman–Crippen MR) is 60.7 cm³/mol. The Hall–Kier alpha value is -0.340. The molecule has 0 N–H and O–H groups in total. The highest BCUT2D eigenvalue weighted by atomic mass is 16.7. The zero-order valence-electron chi connectivity index (χ0n) is 9.76. The van der Waals surface area contributed by atoms with Gasteiger partial charge < -0.3 is 9.47 Å². The molecule has 1 aliphatic heterocycles. The van der Waals surface area contributed by atoms with E-state index >= 15 is 0 Å². The van der Waals surface area contributed by atoms with Crippen molar-refractivity contribution in [2.45, 2.75) is 57.7 Å². The number of rotatable bonds is 3. The summed E-state index contributed by atoms with van der Waals surface area (Å²) in [6.07, 6.45) is 11.3. The lowest BCUT2D eigenvalue weighted by Gasteiger charge is -2.21. The summed E-state index contributed by atoms with van der Waals surface area (Å²) in [5.74, 6) is -0.300. The Labute approximate surface area is 92.6 Å². The molecular weight excluding hydrogens is 188 g/mol. The van der Waals surface area contributed by atoms with E-state index in [2.05, 4.69) is 13.0 Å². The van der Waals surface area contributed by atoms with E-state index in [1.165, 1.54) is 32.1 Å². The number of hydrogen-bond acceptors (Lipinski definition) is 2. The van der Waals surface area contributed by atoms with Crippen LogP contribution >= 0.6 is 0 Å². The minimum Gasteiger partial charge on any atom is -0.348 e. The molecule has 1 aliphatic carbocycles. The first kappa shape index (κ1) is 11.2. The quantitative estimate of drug-likeness (QED) is 0.664. The highest BCUT2D eigenvalue weighted by molar-refractivity contribution is 5.04. The average Bonchev–Trinajstić information content (AvgIpc) is 2.67. The first-order valence-electron chi connectivity index (χ1n) is 6.24.